The van der Waals surface area contributed by atoms with Gasteiger partial charge in [0.15, 0.2) is 0 Å². The van der Waals surface area contributed by atoms with Crippen molar-refractivity contribution >= 4 is 21.6 Å². The van der Waals surface area contributed by atoms with Gasteiger partial charge in [-0.05, 0) is 56.2 Å². The largest absolute Gasteiger partial charge is 0.379 e. The molecule has 0 unspecified atom stereocenters. The lowest BCUT2D eigenvalue weighted by molar-refractivity contribution is 0.0730. The number of rotatable bonds is 5. The van der Waals surface area contributed by atoms with Crippen LogP contribution in [-0.4, -0.2) is 51.5 Å². The van der Waals surface area contributed by atoms with Gasteiger partial charge in [0.2, 0.25) is 10.0 Å². The minimum Gasteiger partial charge on any atom is -0.379 e. The molecule has 0 aromatic heterocycles. The summed E-state index contributed by atoms with van der Waals surface area (Å²) in [6, 6.07) is 12.3. The minimum atomic E-state index is -3.65. The Kier molecular flexibility index (Phi) is 6.17. The molecule has 0 bridgehead atoms. The maximum absolute atomic E-state index is 13.2. The number of sulfonamides is 1. The highest BCUT2D eigenvalue weighted by molar-refractivity contribution is 7.89. The monoisotopic (exact) mass is 402 g/mol. The summed E-state index contributed by atoms with van der Waals surface area (Å²) in [6.07, 6.45) is 0. The van der Waals surface area contributed by atoms with Gasteiger partial charge in [-0.2, -0.15) is 4.31 Å². The number of ether oxygens (including phenoxy) is 1. The van der Waals surface area contributed by atoms with Crippen LogP contribution in [0, 0.1) is 13.8 Å². The third-order valence-corrected chi connectivity index (χ3v) is 6.80. The highest BCUT2D eigenvalue weighted by Crippen LogP contribution is 2.25. The maximum atomic E-state index is 13.2. The molecule has 1 amide bonds. The lowest BCUT2D eigenvalue weighted by Gasteiger charge is -2.26. The Morgan fingerprint density at radius 3 is 2.50 bits per heavy atom. The fraction of sp³-hybridized carbons (Fsp3) is 0.381. The number of morpholine rings is 1. The molecular formula is C21H26N2O4S. The Bertz CT molecular complexity index is 966. The van der Waals surface area contributed by atoms with Gasteiger partial charge in [0.1, 0.15) is 0 Å². The van der Waals surface area contributed by atoms with Crippen LogP contribution in [0.2, 0.25) is 0 Å². The zero-order valence-corrected chi connectivity index (χ0v) is 17.3. The second-order valence-corrected chi connectivity index (χ2v) is 8.82. The Hall–Kier alpha value is -2.22. The summed E-state index contributed by atoms with van der Waals surface area (Å²) < 4.78 is 32.5. The average molecular weight is 403 g/mol. The van der Waals surface area contributed by atoms with E-state index in [0.29, 0.717) is 38.4 Å². The number of aryl methyl sites for hydroxylation is 2. The van der Waals surface area contributed by atoms with Crippen molar-refractivity contribution in [3.05, 3.63) is 59.2 Å². The van der Waals surface area contributed by atoms with Gasteiger partial charge in [0.05, 0.1) is 18.1 Å². The summed E-state index contributed by atoms with van der Waals surface area (Å²) in [7, 11) is -3.65. The molecule has 3 rings (SSSR count). The quantitative estimate of drug-likeness (QED) is 0.771. The maximum Gasteiger partial charge on any atom is 0.258 e. The average Bonchev–Trinajstić information content (AvgIpc) is 2.71. The fourth-order valence-electron chi connectivity index (χ4n) is 3.32. The number of hydrogen-bond acceptors (Lipinski definition) is 4. The standard InChI is InChI=1S/C21H26N2O4S/c1-4-23(20-14-16(2)8-9-17(20)3)21(24)18-6-5-7-19(15-18)28(25,26)22-10-12-27-13-11-22/h5-9,14-15H,4,10-13H2,1-3H3. The fourth-order valence-corrected chi connectivity index (χ4v) is 4.77. The van der Waals surface area contributed by atoms with Crippen LogP contribution in [0.15, 0.2) is 47.4 Å². The Morgan fingerprint density at radius 2 is 1.82 bits per heavy atom. The van der Waals surface area contributed by atoms with E-state index in [0.717, 1.165) is 16.8 Å². The Balaban J connectivity index is 1.94. The van der Waals surface area contributed by atoms with E-state index in [1.807, 2.05) is 39.0 Å². The van der Waals surface area contributed by atoms with Crippen molar-refractivity contribution in [3.8, 4) is 0 Å². The lowest BCUT2D eigenvalue weighted by atomic mass is 10.1. The third kappa shape index (κ3) is 4.11. The number of anilines is 1. The van der Waals surface area contributed by atoms with Gasteiger partial charge >= 0.3 is 0 Å². The van der Waals surface area contributed by atoms with Crippen molar-refractivity contribution in [1.29, 1.82) is 0 Å². The zero-order chi connectivity index (χ0) is 20.3. The predicted molar refractivity (Wildman–Crippen MR) is 109 cm³/mol. The highest BCUT2D eigenvalue weighted by Gasteiger charge is 2.27. The molecule has 1 aliphatic rings. The minimum absolute atomic E-state index is 0.136. The SMILES string of the molecule is CCN(C(=O)c1cccc(S(=O)(=O)N2CCOCC2)c1)c1cc(C)ccc1C. The van der Waals surface area contributed by atoms with Gasteiger partial charge in [0.25, 0.3) is 5.91 Å². The molecule has 7 heteroatoms. The smallest absolute Gasteiger partial charge is 0.258 e. The molecule has 150 valence electrons. The molecule has 1 heterocycles. The van der Waals surface area contributed by atoms with Crippen LogP contribution in [0.5, 0.6) is 0 Å². The Labute approximate surface area is 166 Å². The highest BCUT2D eigenvalue weighted by atomic mass is 32.2. The van der Waals surface area contributed by atoms with Crippen molar-refractivity contribution in [2.45, 2.75) is 25.7 Å². The van der Waals surface area contributed by atoms with Gasteiger partial charge in [-0.25, -0.2) is 8.42 Å². The van der Waals surface area contributed by atoms with E-state index < -0.39 is 10.0 Å². The number of amides is 1. The molecule has 6 nitrogen and oxygen atoms in total. The predicted octanol–water partition coefficient (Wildman–Crippen LogP) is 2.99. The number of hydrogen-bond donors (Lipinski definition) is 0. The topological polar surface area (TPSA) is 66.9 Å². The first-order chi connectivity index (χ1) is 13.3. The summed E-state index contributed by atoms with van der Waals surface area (Å²) >= 11 is 0. The molecule has 1 saturated heterocycles. The second-order valence-electron chi connectivity index (χ2n) is 6.88. The van der Waals surface area contributed by atoms with Crippen LogP contribution < -0.4 is 4.90 Å². The van der Waals surface area contributed by atoms with Gasteiger partial charge < -0.3 is 9.64 Å². The summed E-state index contributed by atoms with van der Waals surface area (Å²) in [6.45, 7) is 7.76. The van der Waals surface area contributed by atoms with E-state index in [1.165, 1.54) is 16.4 Å². The molecule has 0 N–H and O–H groups in total. The molecule has 1 fully saturated rings. The van der Waals surface area contributed by atoms with Crippen molar-refractivity contribution in [2.24, 2.45) is 0 Å². The third-order valence-electron chi connectivity index (χ3n) is 4.91. The van der Waals surface area contributed by atoms with Crippen LogP contribution in [-0.2, 0) is 14.8 Å². The van der Waals surface area contributed by atoms with E-state index in [9.17, 15) is 13.2 Å². The summed E-state index contributed by atoms with van der Waals surface area (Å²) in [5.41, 5.74) is 3.26. The van der Waals surface area contributed by atoms with Crippen molar-refractivity contribution in [2.75, 3.05) is 37.7 Å². The molecule has 2 aromatic carbocycles. The molecule has 0 atom stereocenters. The first kappa shape index (κ1) is 20.5. The van der Waals surface area contributed by atoms with Crippen molar-refractivity contribution in [3.63, 3.8) is 0 Å². The second kappa shape index (κ2) is 8.43. The van der Waals surface area contributed by atoms with E-state index in [1.54, 1.807) is 17.0 Å². The molecule has 0 spiro atoms. The number of nitrogens with zero attached hydrogens (tertiary/aromatic N) is 2. The molecule has 0 saturated carbocycles. The molecule has 1 aliphatic heterocycles. The van der Waals surface area contributed by atoms with Gasteiger partial charge in [-0.3, -0.25) is 4.79 Å². The van der Waals surface area contributed by atoms with Crippen molar-refractivity contribution < 1.29 is 17.9 Å². The summed E-state index contributed by atoms with van der Waals surface area (Å²) in [5.74, 6) is -0.213. The molecule has 28 heavy (non-hydrogen) atoms. The summed E-state index contributed by atoms with van der Waals surface area (Å²) in [4.78, 5) is 15.0. The number of carbonyl (C=O) groups excluding carboxylic acids is 1. The van der Waals surface area contributed by atoms with Crippen LogP contribution in [0.1, 0.15) is 28.4 Å². The molecular weight excluding hydrogens is 376 g/mol. The van der Waals surface area contributed by atoms with E-state index in [4.69, 9.17) is 4.74 Å². The molecule has 0 radical (unpaired) electrons. The van der Waals surface area contributed by atoms with Gasteiger partial charge in [-0.1, -0.05) is 18.2 Å². The summed E-state index contributed by atoms with van der Waals surface area (Å²) in [5, 5.41) is 0. The van der Waals surface area contributed by atoms with Gasteiger partial charge in [0, 0.05) is 30.9 Å². The first-order valence-electron chi connectivity index (χ1n) is 9.41. The number of benzene rings is 2. The Morgan fingerprint density at radius 1 is 1.11 bits per heavy atom. The van der Waals surface area contributed by atoms with Crippen LogP contribution in [0.4, 0.5) is 5.69 Å². The van der Waals surface area contributed by atoms with Crippen LogP contribution in [0.25, 0.3) is 0 Å². The number of carbonyl (C=O) groups is 1. The zero-order valence-electron chi connectivity index (χ0n) is 16.5. The van der Waals surface area contributed by atoms with Crippen molar-refractivity contribution in [1.82, 2.24) is 4.31 Å². The van der Waals surface area contributed by atoms with Gasteiger partial charge in [-0.15, -0.1) is 0 Å². The van der Waals surface area contributed by atoms with Crippen LogP contribution >= 0.6 is 0 Å². The molecule has 2 aromatic rings. The van der Waals surface area contributed by atoms with E-state index in [2.05, 4.69) is 0 Å². The van der Waals surface area contributed by atoms with E-state index in [-0.39, 0.29) is 10.8 Å². The van der Waals surface area contributed by atoms with E-state index >= 15 is 0 Å². The lowest BCUT2D eigenvalue weighted by Crippen LogP contribution is -2.40. The normalized spacial score (nSPS) is 15.4. The molecule has 0 aliphatic carbocycles. The van der Waals surface area contributed by atoms with Crippen LogP contribution in [0.3, 0.4) is 0 Å². The first-order valence-corrected chi connectivity index (χ1v) is 10.9.